The fourth-order valence-corrected chi connectivity index (χ4v) is 2.62. The van der Waals surface area contributed by atoms with E-state index in [0.29, 0.717) is 18.1 Å². The summed E-state index contributed by atoms with van der Waals surface area (Å²) in [5, 5.41) is 9.34. The van der Waals surface area contributed by atoms with Gasteiger partial charge in [0.25, 0.3) is 5.91 Å². The molecule has 1 amide bonds. The van der Waals surface area contributed by atoms with Crippen molar-refractivity contribution < 1.29 is 14.3 Å². The third-order valence-electron chi connectivity index (χ3n) is 4.00. The van der Waals surface area contributed by atoms with Gasteiger partial charge in [0.15, 0.2) is 11.5 Å². The van der Waals surface area contributed by atoms with Crippen LogP contribution in [0.2, 0.25) is 0 Å². The second-order valence-electron chi connectivity index (χ2n) is 5.78. The van der Waals surface area contributed by atoms with Crippen LogP contribution in [-0.4, -0.2) is 37.6 Å². The van der Waals surface area contributed by atoms with E-state index in [-0.39, 0.29) is 11.5 Å². The Morgan fingerprint density at radius 2 is 2.08 bits per heavy atom. The van der Waals surface area contributed by atoms with E-state index in [2.05, 4.69) is 6.92 Å². The molecular formula is C19H24N2O3. The number of nitrogens with zero attached hydrogens (tertiary/aromatic N) is 2. The number of hydrogen-bond donors (Lipinski definition) is 0. The quantitative estimate of drug-likeness (QED) is 0.437. The van der Waals surface area contributed by atoms with Gasteiger partial charge in [-0.3, -0.25) is 4.79 Å². The van der Waals surface area contributed by atoms with E-state index >= 15 is 0 Å². The molecule has 0 spiro atoms. The molecule has 0 radical (unpaired) electrons. The Morgan fingerprint density at radius 3 is 2.71 bits per heavy atom. The predicted octanol–water partition coefficient (Wildman–Crippen LogP) is 3.40. The van der Waals surface area contributed by atoms with Crippen molar-refractivity contribution >= 4 is 12.0 Å². The summed E-state index contributed by atoms with van der Waals surface area (Å²) in [4.78, 5) is 14.1. The molecule has 1 saturated heterocycles. The molecule has 5 nitrogen and oxygen atoms in total. The van der Waals surface area contributed by atoms with Gasteiger partial charge >= 0.3 is 0 Å². The molecule has 1 aliphatic rings. The summed E-state index contributed by atoms with van der Waals surface area (Å²) in [6.45, 7) is 4.17. The number of methoxy groups -OCH3 is 1. The van der Waals surface area contributed by atoms with Gasteiger partial charge in [-0.1, -0.05) is 19.4 Å². The van der Waals surface area contributed by atoms with Crippen LogP contribution in [0.15, 0.2) is 23.8 Å². The van der Waals surface area contributed by atoms with Crippen LogP contribution in [-0.2, 0) is 4.79 Å². The van der Waals surface area contributed by atoms with E-state index in [4.69, 9.17) is 9.47 Å². The molecule has 1 fully saturated rings. The first kappa shape index (κ1) is 17.9. The van der Waals surface area contributed by atoms with E-state index in [0.717, 1.165) is 44.3 Å². The first-order valence-electron chi connectivity index (χ1n) is 8.41. The van der Waals surface area contributed by atoms with Crippen LogP contribution in [0.1, 0.15) is 38.2 Å². The molecule has 1 aliphatic heterocycles. The highest BCUT2D eigenvalue weighted by atomic mass is 16.5. The van der Waals surface area contributed by atoms with E-state index in [9.17, 15) is 10.1 Å². The van der Waals surface area contributed by atoms with Gasteiger partial charge in [0.1, 0.15) is 11.6 Å². The average molecular weight is 328 g/mol. The van der Waals surface area contributed by atoms with Gasteiger partial charge in [-0.25, -0.2) is 0 Å². The highest BCUT2D eigenvalue weighted by molar-refractivity contribution is 6.01. The van der Waals surface area contributed by atoms with Crippen molar-refractivity contribution in [3.05, 3.63) is 29.3 Å². The number of carbonyl (C=O) groups is 1. The van der Waals surface area contributed by atoms with Gasteiger partial charge < -0.3 is 14.4 Å². The molecule has 0 bridgehead atoms. The van der Waals surface area contributed by atoms with Crippen molar-refractivity contribution in [1.29, 1.82) is 5.26 Å². The smallest absolute Gasteiger partial charge is 0.264 e. The fraction of sp³-hybridized carbons (Fsp3) is 0.474. The van der Waals surface area contributed by atoms with Crippen LogP contribution in [0, 0.1) is 11.3 Å². The summed E-state index contributed by atoms with van der Waals surface area (Å²) in [5.74, 6) is 1.08. The predicted molar refractivity (Wildman–Crippen MR) is 92.8 cm³/mol. The van der Waals surface area contributed by atoms with Crippen LogP contribution in [0.25, 0.3) is 6.08 Å². The van der Waals surface area contributed by atoms with Crippen LogP contribution < -0.4 is 9.47 Å². The third kappa shape index (κ3) is 4.51. The topological polar surface area (TPSA) is 62.6 Å². The normalized spacial score (nSPS) is 14.4. The number of ether oxygens (including phenoxy) is 2. The molecule has 0 atom stereocenters. The molecule has 0 unspecified atom stereocenters. The monoisotopic (exact) mass is 328 g/mol. The minimum Gasteiger partial charge on any atom is -0.493 e. The number of amides is 1. The molecule has 0 N–H and O–H groups in total. The maximum Gasteiger partial charge on any atom is 0.264 e. The van der Waals surface area contributed by atoms with Crippen molar-refractivity contribution in [3.8, 4) is 17.6 Å². The summed E-state index contributed by atoms with van der Waals surface area (Å²) in [6, 6.07) is 7.45. The van der Waals surface area contributed by atoms with Crippen LogP contribution in [0.5, 0.6) is 11.5 Å². The van der Waals surface area contributed by atoms with Crippen molar-refractivity contribution in [3.63, 3.8) is 0 Å². The number of hydrogen-bond acceptors (Lipinski definition) is 4. The van der Waals surface area contributed by atoms with E-state index < -0.39 is 0 Å². The zero-order valence-electron chi connectivity index (χ0n) is 14.4. The Morgan fingerprint density at radius 1 is 1.33 bits per heavy atom. The van der Waals surface area contributed by atoms with Gasteiger partial charge in [0, 0.05) is 13.1 Å². The minimum absolute atomic E-state index is 0.154. The maximum absolute atomic E-state index is 12.4. The lowest BCUT2D eigenvalue weighted by Gasteiger charge is -2.14. The SMILES string of the molecule is CCCCOc1cc(/C=C(\C#N)C(=O)N2CCCC2)ccc1OC. The summed E-state index contributed by atoms with van der Waals surface area (Å²) in [5.41, 5.74) is 0.910. The average Bonchev–Trinajstić information content (AvgIpc) is 3.14. The molecule has 0 aromatic heterocycles. The largest absolute Gasteiger partial charge is 0.493 e. The number of unbranched alkanes of at least 4 members (excludes halogenated alkanes) is 1. The first-order chi connectivity index (χ1) is 11.7. The molecule has 0 aliphatic carbocycles. The second-order valence-corrected chi connectivity index (χ2v) is 5.78. The Hall–Kier alpha value is -2.48. The highest BCUT2D eigenvalue weighted by Gasteiger charge is 2.21. The molecule has 5 heteroatoms. The number of carbonyl (C=O) groups excluding carboxylic acids is 1. The maximum atomic E-state index is 12.4. The Bertz CT molecular complexity index is 641. The third-order valence-corrected chi connectivity index (χ3v) is 4.00. The molecular weight excluding hydrogens is 304 g/mol. The fourth-order valence-electron chi connectivity index (χ4n) is 2.62. The van der Waals surface area contributed by atoms with Gasteiger partial charge in [0.2, 0.25) is 0 Å². The summed E-state index contributed by atoms with van der Waals surface area (Å²) < 4.78 is 11.1. The van der Waals surface area contributed by atoms with Crippen LogP contribution >= 0.6 is 0 Å². The van der Waals surface area contributed by atoms with E-state index in [1.165, 1.54) is 0 Å². The summed E-state index contributed by atoms with van der Waals surface area (Å²) >= 11 is 0. The standard InChI is InChI=1S/C19H24N2O3/c1-3-4-11-24-18-13-15(7-8-17(18)23-2)12-16(14-20)19(22)21-9-5-6-10-21/h7-8,12-13H,3-6,9-11H2,1-2H3/b16-12+. The Balaban J connectivity index is 2.21. The van der Waals surface area contributed by atoms with E-state index in [1.54, 1.807) is 24.2 Å². The van der Waals surface area contributed by atoms with Crippen molar-refractivity contribution in [2.75, 3.05) is 26.8 Å². The molecule has 2 rings (SSSR count). The van der Waals surface area contributed by atoms with Crippen molar-refractivity contribution in [2.24, 2.45) is 0 Å². The van der Waals surface area contributed by atoms with Gasteiger partial charge in [0.05, 0.1) is 13.7 Å². The molecule has 24 heavy (non-hydrogen) atoms. The van der Waals surface area contributed by atoms with Gasteiger partial charge in [-0.05, 0) is 43.0 Å². The van der Waals surface area contributed by atoms with Gasteiger partial charge in [-0.15, -0.1) is 0 Å². The molecule has 0 saturated carbocycles. The summed E-state index contributed by atoms with van der Waals surface area (Å²) in [6.07, 6.45) is 5.63. The molecule has 1 aromatic rings. The molecule has 1 heterocycles. The zero-order chi connectivity index (χ0) is 17.4. The number of likely N-dealkylation sites (tertiary alicyclic amines) is 1. The van der Waals surface area contributed by atoms with Crippen molar-refractivity contribution in [2.45, 2.75) is 32.6 Å². The summed E-state index contributed by atoms with van der Waals surface area (Å²) in [7, 11) is 1.59. The molecule has 1 aromatic carbocycles. The van der Waals surface area contributed by atoms with Crippen LogP contribution in [0.3, 0.4) is 0 Å². The van der Waals surface area contributed by atoms with Crippen molar-refractivity contribution in [1.82, 2.24) is 4.90 Å². The lowest BCUT2D eigenvalue weighted by molar-refractivity contribution is -0.125. The minimum atomic E-state index is -0.195. The Labute approximate surface area is 143 Å². The lowest BCUT2D eigenvalue weighted by Crippen LogP contribution is -2.28. The number of benzene rings is 1. The van der Waals surface area contributed by atoms with Crippen LogP contribution in [0.4, 0.5) is 0 Å². The number of rotatable bonds is 7. The Kier molecular flexibility index (Phi) is 6.68. The lowest BCUT2D eigenvalue weighted by atomic mass is 10.1. The second kappa shape index (κ2) is 8.97. The van der Waals surface area contributed by atoms with Gasteiger partial charge in [-0.2, -0.15) is 5.26 Å². The van der Waals surface area contributed by atoms with E-state index in [1.807, 2.05) is 18.2 Å². The first-order valence-corrected chi connectivity index (χ1v) is 8.41. The highest BCUT2D eigenvalue weighted by Crippen LogP contribution is 2.29. The molecule has 128 valence electrons. The zero-order valence-corrected chi connectivity index (χ0v) is 14.4. The number of nitriles is 1.